The van der Waals surface area contributed by atoms with E-state index in [4.69, 9.17) is 5.11 Å². The fourth-order valence-corrected chi connectivity index (χ4v) is 0.864. The molecule has 0 radical (unpaired) electrons. The zero-order chi connectivity index (χ0) is 10.8. The van der Waals surface area contributed by atoms with Crippen LogP contribution < -0.4 is 4.74 Å². The summed E-state index contributed by atoms with van der Waals surface area (Å²) in [5, 5.41) is 15.8. The van der Waals surface area contributed by atoms with Crippen molar-refractivity contribution < 1.29 is 14.6 Å². The van der Waals surface area contributed by atoms with Gasteiger partial charge in [-0.1, -0.05) is 20.8 Å². The lowest BCUT2D eigenvalue weighted by Gasteiger charge is -2.16. The van der Waals surface area contributed by atoms with Gasteiger partial charge in [-0.05, 0) is 6.07 Å². The van der Waals surface area contributed by atoms with Gasteiger partial charge in [0.25, 0.3) is 0 Å². The molecule has 0 spiro atoms. The van der Waals surface area contributed by atoms with Gasteiger partial charge in [0.2, 0.25) is 5.88 Å². The Labute approximate surface area is 81.7 Å². The molecular weight excluding hydrogens is 184 g/mol. The highest BCUT2D eigenvalue weighted by Crippen LogP contribution is 2.19. The molecule has 1 heterocycles. The average Bonchev–Trinajstić information content (AvgIpc) is 2.02. The first-order valence-electron chi connectivity index (χ1n) is 4.14. The highest BCUT2D eigenvalue weighted by Gasteiger charge is 2.16. The molecule has 14 heavy (non-hydrogen) atoms. The third-order valence-corrected chi connectivity index (χ3v) is 1.60. The number of hydrogen-bond donors (Lipinski definition) is 1. The standard InChI is InChI=1S/C9H12N2O3/c1-9(2,3)6-4-5-7(11-10-6)14-8(12)13/h4-5H,1-3H3,(H,12,13). The lowest BCUT2D eigenvalue weighted by molar-refractivity contribution is 0.142. The maximum absolute atomic E-state index is 10.2. The van der Waals surface area contributed by atoms with Crippen LogP contribution in [0.5, 0.6) is 5.88 Å². The summed E-state index contributed by atoms with van der Waals surface area (Å²) < 4.78 is 4.32. The monoisotopic (exact) mass is 196 g/mol. The minimum Gasteiger partial charge on any atom is -0.449 e. The fourth-order valence-electron chi connectivity index (χ4n) is 0.864. The maximum atomic E-state index is 10.2. The number of ether oxygens (including phenoxy) is 1. The number of aromatic nitrogens is 2. The first-order valence-corrected chi connectivity index (χ1v) is 4.14. The van der Waals surface area contributed by atoms with Crippen molar-refractivity contribution >= 4 is 6.16 Å². The molecule has 0 saturated heterocycles. The molecule has 0 bridgehead atoms. The smallest absolute Gasteiger partial charge is 0.449 e. The van der Waals surface area contributed by atoms with E-state index < -0.39 is 6.16 Å². The van der Waals surface area contributed by atoms with Gasteiger partial charge < -0.3 is 9.84 Å². The van der Waals surface area contributed by atoms with Crippen LogP contribution >= 0.6 is 0 Å². The molecule has 5 nitrogen and oxygen atoms in total. The topological polar surface area (TPSA) is 72.3 Å². The second-order valence-electron chi connectivity index (χ2n) is 3.87. The second-order valence-corrected chi connectivity index (χ2v) is 3.87. The summed E-state index contributed by atoms with van der Waals surface area (Å²) in [6.07, 6.45) is -1.39. The number of rotatable bonds is 1. The average molecular weight is 196 g/mol. The van der Waals surface area contributed by atoms with E-state index in [9.17, 15) is 4.79 Å². The van der Waals surface area contributed by atoms with E-state index in [-0.39, 0.29) is 11.3 Å². The van der Waals surface area contributed by atoms with Gasteiger partial charge in [0.1, 0.15) is 0 Å². The molecule has 1 aromatic rings. The summed E-state index contributed by atoms with van der Waals surface area (Å²) in [7, 11) is 0. The highest BCUT2D eigenvalue weighted by atomic mass is 16.7. The Bertz CT molecular complexity index is 327. The fraction of sp³-hybridized carbons (Fsp3) is 0.444. The molecule has 5 heteroatoms. The molecule has 0 aliphatic carbocycles. The second kappa shape index (κ2) is 3.61. The summed E-state index contributed by atoms with van der Waals surface area (Å²) in [4.78, 5) is 10.2. The van der Waals surface area contributed by atoms with Crippen molar-refractivity contribution in [2.45, 2.75) is 26.2 Å². The van der Waals surface area contributed by atoms with Crippen LogP contribution in [0, 0.1) is 0 Å². The van der Waals surface area contributed by atoms with Gasteiger partial charge >= 0.3 is 6.16 Å². The van der Waals surface area contributed by atoms with Crippen molar-refractivity contribution in [1.29, 1.82) is 0 Å². The van der Waals surface area contributed by atoms with E-state index >= 15 is 0 Å². The Morgan fingerprint density at radius 1 is 1.36 bits per heavy atom. The van der Waals surface area contributed by atoms with Crippen molar-refractivity contribution in [1.82, 2.24) is 10.2 Å². The molecular formula is C9H12N2O3. The first-order chi connectivity index (χ1) is 6.39. The van der Waals surface area contributed by atoms with E-state index in [1.807, 2.05) is 20.8 Å². The van der Waals surface area contributed by atoms with E-state index in [1.54, 1.807) is 6.07 Å². The molecule has 0 aromatic carbocycles. The predicted octanol–water partition coefficient (Wildman–Crippen LogP) is 1.83. The van der Waals surface area contributed by atoms with Crippen LogP contribution in [0.25, 0.3) is 0 Å². The van der Waals surface area contributed by atoms with Crippen LogP contribution in [0.2, 0.25) is 0 Å². The van der Waals surface area contributed by atoms with E-state index in [0.29, 0.717) is 0 Å². The van der Waals surface area contributed by atoms with Gasteiger partial charge in [0.15, 0.2) is 0 Å². The normalized spacial score (nSPS) is 11.1. The van der Waals surface area contributed by atoms with E-state index in [0.717, 1.165) is 5.69 Å². The van der Waals surface area contributed by atoms with Crippen LogP contribution in [-0.2, 0) is 5.41 Å². The summed E-state index contributed by atoms with van der Waals surface area (Å²) >= 11 is 0. The molecule has 0 unspecified atom stereocenters. The molecule has 0 aliphatic heterocycles. The van der Waals surface area contributed by atoms with Gasteiger partial charge in [-0.15, -0.1) is 5.10 Å². The zero-order valence-corrected chi connectivity index (χ0v) is 8.31. The first kappa shape index (κ1) is 10.4. The third-order valence-electron chi connectivity index (χ3n) is 1.60. The molecule has 0 aliphatic rings. The molecule has 1 rings (SSSR count). The quantitative estimate of drug-likeness (QED) is 0.693. The Balaban J connectivity index is 2.84. The Morgan fingerprint density at radius 3 is 2.36 bits per heavy atom. The number of carboxylic acid groups (broad SMARTS) is 1. The van der Waals surface area contributed by atoms with Gasteiger partial charge in [-0.2, -0.15) is 5.10 Å². The van der Waals surface area contributed by atoms with Crippen LogP contribution in [0.3, 0.4) is 0 Å². The third kappa shape index (κ3) is 2.69. The zero-order valence-electron chi connectivity index (χ0n) is 8.31. The maximum Gasteiger partial charge on any atom is 0.512 e. The molecule has 1 aromatic heterocycles. The van der Waals surface area contributed by atoms with Gasteiger partial charge in [-0.3, -0.25) is 0 Å². The summed E-state index contributed by atoms with van der Waals surface area (Å²) in [6, 6.07) is 3.19. The lowest BCUT2D eigenvalue weighted by atomic mass is 9.92. The van der Waals surface area contributed by atoms with Crippen molar-refractivity contribution in [2.24, 2.45) is 0 Å². The summed E-state index contributed by atoms with van der Waals surface area (Å²) in [5.41, 5.74) is 0.685. The highest BCUT2D eigenvalue weighted by molar-refractivity contribution is 5.60. The largest absolute Gasteiger partial charge is 0.512 e. The predicted molar refractivity (Wildman–Crippen MR) is 49.4 cm³/mol. The van der Waals surface area contributed by atoms with Crippen LogP contribution in [0.15, 0.2) is 12.1 Å². The van der Waals surface area contributed by atoms with E-state index in [2.05, 4.69) is 14.9 Å². The summed E-state index contributed by atoms with van der Waals surface area (Å²) in [5.74, 6) is -0.00880. The van der Waals surface area contributed by atoms with Crippen LogP contribution in [0.4, 0.5) is 4.79 Å². The molecule has 1 N–H and O–H groups in total. The molecule has 0 saturated carbocycles. The number of hydrogen-bond acceptors (Lipinski definition) is 4. The minimum absolute atomic E-state index is 0.00880. The minimum atomic E-state index is -1.39. The van der Waals surface area contributed by atoms with Crippen molar-refractivity contribution in [3.63, 3.8) is 0 Å². The Kier molecular flexibility index (Phi) is 2.69. The van der Waals surface area contributed by atoms with Gasteiger partial charge in [0.05, 0.1) is 5.69 Å². The lowest BCUT2D eigenvalue weighted by Crippen LogP contribution is -2.15. The Morgan fingerprint density at radius 2 is 2.00 bits per heavy atom. The van der Waals surface area contributed by atoms with Crippen molar-refractivity contribution in [3.05, 3.63) is 17.8 Å². The summed E-state index contributed by atoms with van der Waals surface area (Å²) in [6.45, 7) is 5.98. The van der Waals surface area contributed by atoms with Crippen molar-refractivity contribution in [3.8, 4) is 5.88 Å². The molecule has 0 amide bonds. The number of nitrogens with zero attached hydrogens (tertiary/aromatic N) is 2. The molecule has 0 fully saturated rings. The molecule has 0 atom stereocenters. The van der Waals surface area contributed by atoms with Crippen molar-refractivity contribution in [2.75, 3.05) is 0 Å². The van der Waals surface area contributed by atoms with Crippen LogP contribution in [-0.4, -0.2) is 21.5 Å². The van der Waals surface area contributed by atoms with E-state index in [1.165, 1.54) is 6.07 Å². The van der Waals surface area contributed by atoms with Gasteiger partial charge in [0, 0.05) is 11.5 Å². The number of carbonyl (C=O) groups is 1. The van der Waals surface area contributed by atoms with Crippen LogP contribution in [0.1, 0.15) is 26.5 Å². The Hall–Kier alpha value is -1.65. The molecule has 76 valence electrons. The SMILES string of the molecule is CC(C)(C)c1ccc(OC(=O)O)nn1. The van der Waals surface area contributed by atoms with Gasteiger partial charge in [-0.25, -0.2) is 4.79 Å².